The van der Waals surface area contributed by atoms with Gasteiger partial charge in [0.1, 0.15) is 0 Å². The molecule has 1 aliphatic heterocycles. The first-order chi connectivity index (χ1) is 9.58. The molecule has 1 aromatic rings. The van der Waals surface area contributed by atoms with Crippen LogP contribution < -0.4 is 11.1 Å². The molecule has 4 nitrogen and oxygen atoms in total. The predicted octanol–water partition coefficient (Wildman–Crippen LogP) is 2.76. The van der Waals surface area contributed by atoms with Gasteiger partial charge in [-0.05, 0) is 44.0 Å². The van der Waals surface area contributed by atoms with Gasteiger partial charge in [0.25, 0.3) is 0 Å². The highest BCUT2D eigenvalue weighted by Gasteiger charge is 2.27. The van der Waals surface area contributed by atoms with Crippen LogP contribution in [0.3, 0.4) is 0 Å². The summed E-state index contributed by atoms with van der Waals surface area (Å²) >= 11 is 5.89. The summed E-state index contributed by atoms with van der Waals surface area (Å²) in [6, 6.07) is 7.72. The standard InChI is InChI=1S/C15H22ClN3O.ClH/c1-11-7-12(9-17)10-19(11)6-5-15(20)18-14-4-2-3-13(16)8-14;/h2-4,8,11-12H,5-7,9-10,17H2,1H3,(H,18,20);1H. The molecule has 2 rings (SSSR count). The molecule has 6 heteroatoms. The van der Waals surface area contributed by atoms with E-state index in [1.54, 1.807) is 12.1 Å². The number of benzene rings is 1. The molecule has 2 atom stereocenters. The number of amides is 1. The lowest BCUT2D eigenvalue weighted by molar-refractivity contribution is -0.116. The molecule has 1 heterocycles. The van der Waals surface area contributed by atoms with E-state index in [0.29, 0.717) is 23.4 Å². The Morgan fingerprint density at radius 3 is 2.90 bits per heavy atom. The number of carbonyl (C=O) groups excluding carboxylic acids is 1. The van der Waals surface area contributed by atoms with E-state index in [9.17, 15) is 4.79 Å². The van der Waals surface area contributed by atoms with Crippen molar-refractivity contribution in [3.05, 3.63) is 29.3 Å². The van der Waals surface area contributed by atoms with Crippen molar-refractivity contribution in [1.82, 2.24) is 4.90 Å². The molecule has 0 spiro atoms. The summed E-state index contributed by atoms with van der Waals surface area (Å²) in [5.74, 6) is 0.594. The number of nitrogens with one attached hydrogen (secondary N) is 1. The molecule has 118 valence electrons. The monoisotopic (exact) mass is 331 g/mol. The maximum atomic E-state index is 11.9. The van der Waals surface area contributed by atoms with E-state index in [0.717, 1.165) is 31.7 Å². The average molecular weight is 332 g/mol. The first kappa shape index (κ1) is 18.2. The van der Waals surface area contributed by atoms with Crippen molar-refractivity contribution < 1.29 is 4.79 Å². The summed E-state index contributed by atoms with van der Waals surface area (Å²) in [6.07, 6.45) is 1.63. The Kier molecular flexibility index (Phi) is 7.46. The fraction of sp³-hybridized carbons (Fsp3) is 0.533. The van der Waals surface area contributed by atoms with Crippen LogP contribution in [0.25, 0.3) is 0 Å². The molecule has 21 heavy (non-hydrogen) atoms. The quantitative estimate of drug-likeness (QED) is 0.872. The zero-order chi connectivity index (χ0) is 14.5. The molecule has 0 radical (unpaired) electrons. The van der Waals surface area contributed by atoms with E-state index in [2.05, 4.69) is 17.1 Å². The third kappa shape index (κ3) is 5.47. The highest BCUT2D eigenvalue weighted by atomic mass is 35.5. The third-order valence-electron chi connectivity index (χ3n) is 3.86. The molecule has 1 amide bonds. The maximum Gasteiger partial charge on any atom is 0.225 e. The van der Waals surface area contributed by atoms with Crippen molar-refractivity contribution >= 4 is 35.6 Å². The highest BCUT2D eigenvalue weighted by molar-refractivity contribution is 6.30. The zero-order valence-electron chi connectivity index (χ0n) is 12.2. The van der Waals surface area contributed by atoms with Crippen LogP contribution in [0.5, 0.6) is 0 Å². The fourth-order valence-electron chi connectivity index (χ4n) is 2.73. The number of likely N-dealkylation sites (tertiary alicyclic amines) is 1. The van der Waals surface area contributed by atoms with E-state index in [-0.39, 0.29) is 18.3 Å². The molecule has 3 N–H and O–H groups in total. The molecular weight excluding hydrogens is 309 g/mol. The van der Waals surface area contributed by atoms with Gasteiger partial charge in [-0.3, -0.25) is 9.69 Å². The number of hydrogen-bond donors (Lipinski definition) is 2. The minimum absolute atomic E-state index is 0. The van der Waals surface area contributed by atoms with Crippen LogP contribution in [0.4, 0.5) is 5.69 Å². The lowest BCUT2D eigenvalue weighted by Gasteiger charge is -2.20. The van der Waals surface area contributed by atoms with Gasteiger partial charge in [0, 0.05) is 36.3 Å². The molecular formula is C15H23Cl2N3O. The van der Waals surface area contributed by atoms with Crippen LogP contribution in [0, 0.1) is 5.92 Å². The second-order valence-corrected chi connectivity index (χ2v) is 5.93. The van der Waals surface area contributed by atoms with Gasteiger partial charge in [0.05, 0.1) is 0 Å². The van der Waals surface area contributed by atoms with Crippen molar-refractivity contribution in [3.63, 3.8) is 0 Å². The average Bonchev–Trinajstić information content (AvgIpc) is 2.77. The first-order valence-corrected chi connectivity index (χ1v) is 7.46. The second-order valence-electron chi connectivity index (χ2n) is 5.49. The Labute approximate surface area is 137 Å². The minimum Gasteiger partial charge on any atom is -0.330 e. The minimum atomic E-state index is 0. The molecule has 1 aliphatic rings. The predicted molar refractivity (Wildman–Crippen MR) is 90.1 cm³/mol. The third-order valence-corrected chi connectivity index (χ3v) is 4.09. The summed E-state index contributed by atoms with van der Waals surface area (Å²) in [6.45, 7) is 4.71. The summed E-state index contributed by atoms with van der Waals surface area (Å²) in [7, 11) is 0. The smallest absolute Gasteiger partial charge is 0.225 e. The molecule has 0 saturated carbocycles. The number of nitrogens with two attached hydrogens (primary N) is 1. The number of anilines is 1. The SMILES string of the molecule is CC1CC(CN)CN1CCC(=O)Nc1cccc(Cl)c1.Cl. The van der Waals surface area contributed by atoms with Gasteiger partial charge in [-0.2, -0.15) is 0 Å². The number of rotatable bonds is 5. The van der Waals surface area contributed by atoms with Gasteiger partial charge >= 0.3 is 0 Å². The number of halogens is 2. The van der Waals surface area contributed by atoms with Crippen molar-refractivity contribution in [2.45, 2.75) is 25.8 Å². The topological polar surface area (TPSA) is 58.4 Å². The Hall–Kier alpha value is -0.810. The Bertz CT molecular complexity index is 470. The summed E-state index contributed by atoms with van der Waals surface area (Å²) in [4.78, 5) is 14.3. The highest BCUT2D eigenvalue weighted by Crippen LogP contribution is 2.22. The number of carbonyl (C=O) groups is 1. The molecule has 0 bridgehead atoms. The van der Waals surface area contributed by atoms with E-state index in [4.69, 9.17) is 17.3 Å². The van der Waals surface area contributed by atoms with Gasteiger partial charge in [0.2, 0.25) is 5.91 Å². The summed E-state index contributed by atoms with van der Waals surface area (Å²) in [5.41, 5.74) is 6.46. The normalized spacial score (nSPS) is 21.9. The summed E-state index contributed by atoms with van der Waals surface area (Å²) in [5, 5.41) is 3.50. The van der Waals surface area contributed by atoms with Crippen molar-refractivity contribution in [2.75, 3.05) is 25.0 Å². The lowest BCUT2D eigenvalue weighted by atomic mass is 10.1. The Morgan fingerprint density at radius 2 is 2.29 bits per heavy atom. The molecule has 2 unspecified atom stereocenters. The molecule has 0 aliphatic carbocycles. The second kappa shape index (κ2) is 8.59. The van der Waals surface area contributed by atoms with Gasteiger partial charge in [-0.25, -0.2) is 0 Å². The number of nitrogens with zero attached hydrogens (tertiary/aromatic N) is 1. The summed E-state index contributed by atoms with van der Waals surface area (Å²) < 4.78 is 0. The van der Waals surface area contributed by atoms with E-state index >= 15 is 0 Å². The lowest BCUT2D eigenvalue weighted by Crippen LogP contribution is -2.31. The van der Waals surface area contributed by atoms with Gasteiger partial charge in [-0.15, -0.1) is 12.4 Å². The van der Waals surface area contributed by atoms with Crippen LogP contribution in [0.2, 0.25) is 5.02 Å². The van der Waals surface area contributed by atoms with Crippen LogP contribution in [0.15, 0.2) is 24.3 Å². The van der Waals surface area contributed by atoms with E-state index in [1.807, 2.05) is 12.1 Å². The fourth-order valence-corrected chi connectivity index (χ4v) is 2.93. The van der Waals surface area contributed by atoms with Crippen molar-refractivity contribution in [1.29, 1.82) is 0 Å². The Morgan fingerprint density at radius 1 is 1.52 bits per heavy atom. The zero-order valence-corrected chi connectivity index (χ0v) is 13.8. The van der Waals surface area contributed by atoms with Crippen LogP contribution in [-0.2, 0) is 4.79 Å². The number of hydrogen-bond acceptors (Lipinski definition) is 3. The molecule has 1 fully saturated rings. The van der Waals surface area contributed by atoms with Gasteiger partial charge in [0.15, 0.2) is 0 Å². The molecule has 0 aromatic heterocycles. The first-order valence-electron chi connectivity index (χ1n) is 7.08. The van der Waals surface area contributed by atoms with E-state index in [1.165, 1.54) is 0 Å². The van der Waals surface area contributed by atoms with Crippen molar-refractivity contribution in [3.8, 4) is 0 Å². The van der Waals surface area contributed by atoms with E-state index < -0.39 is 0 Å². The van der Waals surface area contributed by atoms with Crippen LogP contribution in [0.1, 0.15) is 19.8 Å². The molecule has 1 aromatic carbocycles. The van der Waals surface area contributed by atoms with Crippen molar-refractivity contribution in [2.24, 2.45) is 11.7 Å². The largest absolute Gasteiger partial charge is 0.330 e. The van der Waals surface area contributed by atoms with Crippen LogP contribution >= 0.6 is 24.0 Å². The van der Waals surface area contributed by atoms with Gasteiger partial charge in [-0.1, -0.05) is 17.7 Å². The van der Waals surface area contributed by atoms with Gasteiger partial charge < -0.3 is 11.1 Å². The van der Waals surface area contributed by atoms with Crippen LogP contribution in [-0.4, -0.2) is 36.5 Å². The Balaban J connectivity index is 0.00000220. The maximum absolute atomic E-state index is 11.9. The molecule has 1 saturated heterocycles.